The predicted octanol–water partition coefficient (Wildman–Crippen LogP) is 3.20. The van der Waals surface area contributed by atoms with Gasteiger partial charge in [0.15, 0.2) is 0 Å². The molecule has 1 fully saturated rings. The highest BCUT2D eigenvalue weighted by atomic mass is 32.1. The number of fused-ring (bicyclic) bond motifs is 1. The second kappa shape index (κ2) is 4.95. The predicted molar refractivity (Wildman–Crippen MR) is 78.3 cm³/mol. The third-order valence-corrected chi connectivity index (χ3v) is 5.96. The van der Waals surface area contributed by atoms with Gasteiger partial charge < -0.3 is 5.32 Å². The fraction of sp³-hybridized carbons (Fsp3) is 0.733. The summed E-state index contributed by atoms with van der Waals surface area (Å²) in [5.41, 5.74) is 2.00. The zero-order valence-electron chi connectivity index (χ0n) is 11.5. The number of nitrogens with zero attached hydrogens (tertiary/aromatic N) is 1. The van der Waals surface area contributed by atoms with Gasteiger partial charge in [-0.25, -0.2) is 0 Å². The Labute approximate surface area is 114 Å². The number of hydrogen-bond acceptors (Lipinski definition) is 3. The van der Waals surface area contributed by atoms with Gasteiger partial charge in [-0.15, -0.1) is 11.3 Å². The van der Waals surface area contributed by atoms with Gasteiger partial charge in [0.1, 0.15) is 0 Å². The smallest absolute Gasteiger partial charge is 0.0359 e. The Hall–Kier alpha value is -0.380. The lowest BCUT2D eigenvalue weighted by Gasteiger charge is -2.43. The van der Waals surface area contributed by atoms with Crippen LogP contribution in [0, 0.1) is 0 Å². The molecule has 2 nitrogen and oxygen atoms in total. The van der Waals surface area contributed by atoms with Crippen LogP contribution in [0.2, 0.25) is 0 Å². The van der Waals surface area contributed by atoms with E-state index in [4.69, 9.17) is 0 Å². The van der Waals surface area contributed by atoms with Gasteiger partial charge in [0.25, 0.3) is 0 Å². The molecule has 1 aromatic heterocycles. The highest BCUT2D eigenvalue weighted by Crippen LogP contribution is 2.39. The first-order valence-electron chi connectivity index (χ1n) is 7.21. The fourth-order valence-corrected chi connectivity index (χ4v) is 4.40. The Kier molecular flexibility index (Phi) is 3.48. The first-order valence-corrected chi connectivity index (χ1v) is 8.09. The summed E-state index contributed by atoms with van der Waals surface area (Å²) in [4.78, 5) is 4.37. The zero-order chi connectivity index (χ0) is 12.6. The summed E-state index contributed by atoms with van der Waals surface area (Å²) in [5.74, 6) is 0. The van der Waals surface area contributed by atoms with Crippen LogP contribution in [0.1, 0.15) is 49.1 Å². The lowest BCUT2D eigenvalue weighted by molar-refractivity contribution is 0.101. The number of piperidine rings is 1. The maximum atomic E-state index is 3.49. The Bertz CT molecular complexity index is 404. The second-order valence-corrected chi connectivity index (χ2v) is 7.05. The molecule has 3 rings (SSSR count). The van der Waals surface area contributed by atoms with Gasteiger partial charge in [-0.1, -0.05) is 0 Å². The topological polar surface area (TPSA) is 15.3 Å². The molecule has 0 spiro atoms. The van der Waals surface area contributed by atoms with Gasteiger partial charge in [0, 0.05) is 29.5 Å². The number of likely N-dealkylation sites (tertiary alicyclic amines) is 1. The molecule has 0 saturated carbocycles. The summed E-state index contributed by atoms with van der Waals surface area (Å²) in [7, 11) is 2.10. The van der Waals surface area contributed by atoms with Crippen molar-refractivity contribution in [1.82, 2.24) is 10.2 Å². The van der Waals surface area contributed by atoms with Crippen LogP contribution in [0.25, 0.3) is 0 Å². The molecular formula is C15H24N2S. The van der Waals surface area contributed by atoms with Crippen molar-refractivity contribution in [2.75, 3.05) is 20.1 Å². The van der Waals surface area contributed by atoms with Gasteiger partial charge >= 0.3 is 0 Å². The lowest BCUT2D eigenvalue weighted by atomic mass is 9.86. The second-order valence-electron chi connectivity index (χ2n) is 6.05. The first kappa shape index (κ1) is 12.6. The van der Waals surface area contributed by atoms with E-state index in [1.54, 1.807) is 10.4 Å². The van der Waals surface area contributed by atoms with E-state index in [9.17, 15) is 0 Å². The summed E-state index contributed by atoms with van der Waals surface area (Å²) in [6, 6.07) is 3.08. The molecule has 2 aliphatic rings. The standard InChI is InChI=1S/C15H24N2S/c1-15(16-2)7-9-17(10-8-15)13-4-3-5-14-12(13)6-11-18-14/h6,11,13,16H,3-5,7-10H2,1-2H3. The van der Waals surface area contributed by atoms with Crippen molar-refractivity contribution >= 4 is 11.3 Å². The molecule has 1 aliphatic heterocycles. The van der Waals surface area contributed by atoms with Crippen molar-refractivity contribution in [2.24, 2.45) is 0 Å². The molecule has 1 saturated heterocycles. The first-order chi connectivity index (χ1) is 8.72. The molecule has 3 heteroatoms. The average molecular weight is 264 g/mol. The van der Waals surface area contributed by atoms with Crippen LogP contribution in [0.4, 0.5) is 0 Å². The van der Waals surface area contributed by atoms with E-state index in [2.05, 4.69) is 35.6 Å². The van der Waals surface area contributed by atoms with Gasteiger partial charge in [-0.3, -0.25) is 4.90 Å². The molecule has 1 aromatic rings. The highest BCUT2D eigenvalue weighted by Gasteiger charge is 2.33. The zero-order valence-corrected chi connectivity index (χ0v) is 12.4. The minimum Gasteiger partial charge on any atom is -0.314 e. The average Bonchev–Trinajstić information content (AvgIpc) is 2.88. The third-order valence-electron chi connectivity index (χ3n) is 4.97. The van der Waals surface area contributed by atoms with E-state index in [-0.39, 0.29) is 0 Å². The molecule has 0 bridgehead atoms. The monoisotopic (exact) mass is 264 g/mol. The van der Waals surface area contributed by atoms with Crippen LogP contribution in [-0.4, -0.2) is 30.6 Å². The normalized spacial score (nSPS) is 28.0. The van der Waals surface area contributed by atoms with E-state index >= 15 is 0 Å². The summed E-state index contributed by atoms with van der Waals surface area (Å²) in [6.45, 7) is 4.86. The van der Waals surface area contributed by atoms with E-state index in [1.807, 2.05) is 11.3 Å². The fourth-order valence-electron chi connectivity index (χ4n) is 3.42. The molecule has 0 radical (unpaired) electrons. The number of rotatable bonds is 2. The Morgan fingerprint density at radius 2 is 2.17 bits per heavy atom. The van der Waals surface area contributed by atoms with Crippen molar-refractivity contribution in [1.29, 1.82) is 0 Å². The number of aryl methyl sites for hydroxylation is 1. The minimum absolute atomic E-state index is 0.364. The number of hydrogen-bond donors (Lipinski definition) is 1. The van der Waals surface area contributed by atoms with E-state index < -0.39 is 0 Å². The summed E-state index contributed by atoms with van der Waals surface area (Å²) in [6.07, 6.45) is 6.60. The molecule has 18 heavy (non-hydrogen) atoms. The molecule has 100 valence electrons. The molecule has 2 heterocycles. The van der Waals surface area contributed by atoms with Crippen molar-refractivity contribution in [3.63, 3.8) is 0 Å². The molecule has 0 aromatic carbocycles. The molecule has 0 amide bonds. The third kappa shape index (κ3) is 2.24. The highest BCUT2D eigenvalue weighted by molar-refractivity contribution is 7.10. The van der Waals surface area contributed by atoms with Gasteiger partial charge in [0.2, 0.25) is 0 Å². The molecule has 1 aliphatic carbocycles. The van der Waals surface area contributed by atoms with Crippen LogP contribution < -0.4 is 5.32 Å². The van der Waals surface area contributed by atoms with Crippen molar-refractivity contribution in [2.45, 2.75) is 50.6 Å². The minimum atomic E-state index is 0.364. The van der Waals surface area contributed by atoms with Crippen LogP contribution in [0.15, 0.2) is 11.4 Å². The summed E-state index contributed by atoms with van der Waals surface area (Å²) in [5, 5.41) is 5.78. The summed E-state index contributed by atoms with van der Waals surface area (Å²) >= 11 is 1.96. The van der Waals surface area contributed by atoms with Crippen molar-refractivity contribution in [3.05, 3.63) is 21.9 Å². The molecule has 1 atom stereocenters. The van der Waals surface area contributed by atoms with Crippen LogP contribution >= 0.6 is 11.3 Å². The SMILES string of the molecule is CNC1(C)CCN(C2CCCc3sccc32)CC1. The van der Waals surface area contributed by atoms with Crippen molar-refractivity contribution < 1.29 is 0 Å². The maximum absolute atomic E-state index is 3.49. The molecule has 1 unspecified atom stereocenters. The Morgan fingerprint density at radius 1 is 1.39 bits per heavy atom. The van der Waals surface area contributed by atoms with Crippen LogP contribution in [0.5, 0.6) is 0 Å². The largest absolute Gasteiger partial charge is 0.314 e. The van der Waals surface area contributed by atoms with Gasteiger partial charge in [-0.05, 0) is 63.1 Å². The lowest BCUT2D eigenvalue weighted by Crippen LogP contribution is -2.50. The van der Waals surface area contributed by atoms with Gasteiger partial charge in [-0.2, -0.15) is 0 Å². The number of nitrogens with one attached hydrogen (secondary N) is 1. The van der Waals surface area contributed by atoms with Gasteiger partial charge in [0.05, 0.1) is 0 Å². The Morgan fingerprint density at radius 3 is 2.89 bits per heavy atom. The van der Waals surface area contributed by atoms with E-state index in [0.29, 0.717) is 11.6 Å². The maximum Gasteiger partial charge on any atom is 0.0359 e. The quantitative estimate of drug-likeness (QED) is 0.882. The van der Waals surface area contributed by atoms with Crippen LogP contribution in [0.3, 0.4) is 0 Å². The Balaban J connectivity index is 1.71. The van der Waals surface area contributed by atoms with E-state index in [0.717, 1.165) is 0 Å². The van der Waals surface area contributed by atoms with Crippen LogP contribution in [-0.2, 0) is 6.42 Å². The molecular weight excluding hydrogens is 240 g/mol. The molecule has 1 N–H and O–H groups in total. The number of thiophene rings is 1. The summed E-state index contributed by atoms with van der Waals surface area (Å²) < 4.78 is 0. The van der Waals surface area contributed by atoms with E-state index in [1.165, 1.54) is 45.2 Å². The van der Waals surface area contributed by atoms with Crippen molar-refractivity contribution in [3.8, 4) is 0 Å².